The van der Waals surface area contributed by atoms with E-state index in [1.807, 2.05) is 0 Å². The van der Waals surface area contributed by atoms with Crippen molar-refractivity contribution in [1.82, 2.24) is 0 Å². The highest BCUT2D eigenvalue weighted by Crippen LogP contribution is 2.29. The standard InChI is InChI=1S/C16H12Cl2N2O4/c1-24-16-9-11(20(22)23)3-5-14(16)19-7-6-15(21)10-2-4-12(17)13(18)8-10/h2-9,19H,1H3. The van der Waals surface area contributed by atoms with Crippen LogP contribution in [0.1, 0.15) is 10.4 Å². The third-order valence-electron chi connectivity index (χ3n) is 3.07. The van der Waals surface area contributed by atoms with Crippen LogP contribution in [0, 0.1) is 10.1 Å². The van der Waals surface area contributed by atoms with Gasteiger partial charge in [0.2, 0.25) is 0 Å². The average Bonchev–Trinajstić information content (AvgIpc) is 2.57. The zero-order chi connectivity index (χ0) is 17.7. The van der Waals surface area contributed by atoms with Crippen LogP contribution in [0.15, 0.2) is 48.7 Å². The van der Waals surface area contributed by atoms with Crippen LogP contribution in [-0.4, -0.2) is 17.8 Å². The minimum absolute atomic E-state index is 0.0896. The van der Waals surface area contributed by atoms with Gasteiger partial charge in [0.25, 0.3) is 5.69 Å². The van der Waals surface area contributed by atoms with Crippen molar-refractivity contribution in [2.75, 3.05) is 12.4 Å². The first-order valence-corrected chi connectivity index (χ1v) is 7.43. The molecule has 0 aliphatic carbocycles. The Morgan fingerprint density at radius 3 is 2.58 bits per heavy atom. The van der Waals surface area contributed by atoms with Crippen molar-refractivity contribution >= 4 is 40.4 Å². The first-order chi connectivity index (χ1) is 11.4. The molecule has 0 atom stereocenters. The number of nitrogens with one attached hydrogen (secondary N) is 1. The van der Waals surface area contributed by atoms with Gasteiger partial charge in [0.15, 0.2) is 5.78 Å². The normalized spacial score (nSPS) is 10.6. The molecule has 0 aromatic heterocycles. The van der Waals surface area contributed by atoms with Crippen molar-refractivity contribution in [3.8, 4) is 5.75 Å². The van der Waals surface area contributed by atoms with Crippen molar-refractivity contribution in [2.24, 2.45) is 0 Å². The van der Waals surface area contributed by atoms with Gasteiger partial charge in [-0.2, -0.15) is 0 Å². The molecule has 2 aromatic carbocycles. The summed E-state index contributed by atoms with van der Waals surface area (Å²) in [5.41, 5.74) is 0.785. The van der Waals surface area contributed by atoms with Gasteiger partial charge in [0.1, 0.15) is 5.75 Å². The van der Waals surface area contributed by atoms with Gasteiger partial charge >= 0.3 is 0 Å². The average molecular weight is 367 g/mol. The van der Waals surface area contributed by atoms with E-state index >= 15 is 0 Å². The minimum atomic E-state index is -0.518. The Bertz CT molecular complexity index is 822. The number of allylic oxidation sites excluding steroid dienone is 1. The molecule has 0 heterocycles. The summed E-state index contributed by atoms with van der Waals surface area (Å²) in [5, 5.41) is 14.3. The number of non-ortho nitro benzene ring substituents is 1. The van der Waals surface area contributed by atoms with Crippen LogP contribution in [0.25, 0.3) is 0 Å². The SMILES string of the molecule is COc1cc([N+](=O)[O-])ccc1NC=CC(=O)c1ccc(Cl)c(Cl)c1. The Hall–Kier alpha value is -2.57. The summed E-state index contributed by atoms with van der Waals surface area (Å²) in [4.78, 5) is 22.3. The molecule has 8 heteroatoms. The maximum atomic E-state index is 12.0. The van der Waals surface area contributed by atoms with Crippen LogP contribution in [-0.2, 0) is 0 Å². The Labute approximate surface area is 147 Å². The van der Waals surface area contributed by atoms with Gasteiger partial charge in [-0.05, 0) is 24.3 Å². The van der Waals surface area contributed by atoms with E-state index in [-0.39, 0.29) is 17.2 Å². The fourth-order valence-electron chi connectivity index (χ4n) is 1.87. The second kappa shape index (κ2) is 7.81. The number of ketones is 1. The Morgan fingerprint density at radius 1 is 1.21 bits per heavy atom. The number of methoxy groups -OCH3 is 1. The molecule has 0 bridgehead atoms. The number of hydrogen-bond donors (Lipinski definition) is 1. The highest BCUT2D eigenvalue weighted by molar-refractivity contribution is 6.42. The number of halogens is 2. The van der Waals surface area contributed by atoms with E-state index in [0.717, 1.165) is 0 Å². The van der Waals surface area contributed by atoms with E-state index in [1.165, 1.54) is 49.7 Å². The van der Waals surface area contributed by atoms with Crippen LogP contribution in [0.2, 0.25) is 10.0 Å². The summed E-state index contributed by atoms with van der Waals surface area (Å²) in [5.74, 6) is 0.0118. The third kappa shape index (κ3) is 4.24. The van der Waals surface area contributed by atoms with Crippen molar-refractivity contribution in [3.05, 3.63) is 74.4 Å². The zero-order valence-corrected chi connectivity index (χ0v) is 14.0. The van der Waals surface area contributed by atoms with Gasteiger partial charge in [0.05, 0.1) is 33.8 Å². The molecule has 0 fully saturated rings. The molecule has 1 N–H and O–H groups in total. The van der Waals surface area contributed by atoms with Gasteiger partial charge in [-0.15, -0.1) is 0 Å². The van der Waals surface area contributed by atoms with E-state index in [1.54, 1.807) is 6.07 Å². The van der Waals surface area contributed by atoms with Gasteiger partial charge < -0.3 is 10.1 Å². The van der Waals surface area contributed by atoms with Gasteiger partial charge in [-0.1, -0.05) is 23.2 Å². The molecule has 0 amide bonds. The van der Waals surface area contributed by atoms with Crippen LogP contribution in [0.3, 0.4) is 0 Å². The van der Waals surface area contributed by atoms with E-state index in [4.69, 9.17) is 27.9 Å². The predicted molar refractivity (Wildman–Crippen MR) is 93.2 cm³/mol. The van der Waals surface area contributed by atoms with Crippen molar-refractivity contribution in [3.63, 3.8) is 0 Å². The number of benzene rings is 2. The van der Waals surface area contributed by atoms with Gasteiger partial charge in [0, 0.05) is 23.9 Å². The summed E-state index contributed by atoms with van der Waals surface area (Å²) in [7, 11) is 1.40. The van der Waals surface area contributed by atoms with Crippen molar-refractivity contribution < 1.29 is 14.5 Å². The lowest BCUT2D eigenvalue weighted by Crippen LogP contribution is -1.98. The number of nitro groups is 1. The summed E-state index contributed by atoms with van der Waals surface area (Å²) < 4.78 is 5.09. The number of anilines is 1. The smallest absolute Gasteiger partial charge is 0.273 e. The molecule has 6 nitrogen and oxygen atoms in total. The topological polar surface area (TPSA) is 81.5 Å². The monoisotopic (exact) mass is 366 g/mol. The number of ether oxygens (including phenoxy) is 1. The van der Waals surface area contributed by atoms with Crippen LogP contribution in [0.5, 0.6) is 5.75 Å². The molecule has 0 unspecified atom stereocenters. The van der Waals surface area contributed by atoms with E-state index < -0.39 is 4.92 Å². The molecule has 0 saturated carbocycles. The Balaban J connectivity index is 2.12. The highest BCUT2D eigenvalue weighted by atomic mass is 35.5. The Morgan fingerprint density at radius 2 is 1.96 bits per heavy atom. The number of nitrogens with zero attached hydrogens (tertiary/aromatic N) is 1. The van der Waals surface area contributed by atoms with Crippen LogP contribution >= 0.6 is 23.2 Å². The summed E-state index contributed by atoms with van der Waals surface area (Å²) in [6.45, 7) is 0. The molecule has 0 aliphatic heterocycles. The zero-order valence-electron chi connectivity index (χ0n) is 12.5. The molecular weight excluding hydrogens is 355 g/mol. The van der Waals surface area contributed by atoms with Gasteiger partial charge in [-0.3, -0.25) is 14.9 Å². The molecule has 2 aromatic rings. The number of carbonyl (C=O) groups is 1. The first-order valence-electron chi connectivity index (χ1n) is 6.67. The molecule has 0 spiro atoms. The van der Waals surface area contributed by atoms with Crippen molar-refractivity contribution in [1.29, 1.82) is 0 Å². The van der Waals surface area contributed by atoms with Crippen molar-refractivity contribution in [2.45, 2.75) is 0 Å². The minimum Gasteiger partial charge on any atom is -0.494 e. The summed E-state index contributed by atoms with van der Waals surface area (Å²) in [6.07, 6.45) is 2.72. The van der Waals surface area contributed by atoms with Gasteiger partial charge in [-0.25, -0.2) is 0 Å². The second-order valence-electron chi connectivity index (χ2n) is 4.61. The molecule has 124 valence electrons. The number of carbonyl (C=O) groups excluding carboxylic acids is 1. The molecular formula is C16H12Cl2N2O4. The molecule has 0 radical (unpaired) electrons. The number of hydrogen-bond acceptors (Lipinski definition) is 5. The Kier molecular flexibility index (Phi) is 5.78. The lowest BCUT2D eigenvalue weighted by molar-refractivity contribution is -0.384. The fraction of sp³-hybridized carbons (Fsp3) is 0.0625. The fourth-order valence-corrected chi connectivity index (χ4v) is 2.16. The first kappa shape index (κ1) is 17.8. The highest BCUT2D eigenvalue weighted by Gasteiger charge is 2.10. The van der Waals surface area contributed by atoms with E-state index in [0.29, 0.717) is 21.3 Å². The summed E-state index contributed by atoms with van der Waals surface area (Å²) >= 11 is 11.7. The third-order valence-corrected chi connectivity index (χ3v) is 3.81. The lowest BCUT2D eigenvalue weighted by atomic mass is 10.1. The number of rotatable bonds is 6. The van der Waals surface area contributed by atoms with E-state index in [9.17, 15) is 14.9 Å². The summed E-state index contributed by atoms with van der Waals surface area (Å²) in [6, 6.07) is 8.69. The molecule has 24 heavy (non-hydrogen) atoms. The van der Waals surface area contributed by atoms with E-state index in [2.05, 4.69) is 5.32 Å². The quantitative estimate of drug-likeness (QED) is 0.346. The lowest BCUT2D eigenvalue weighted by Gasteiger charge is -2.07. The van der Waals surface area contributed by atoms with Crippen LogP contribution in [0.4, 0.5) is 11.4 Å². The number of nitro benzene ring substituents is 1. The second-order valence-corrected chi connectivity index (χ2v) is 5.43. The molecule has 0 saturated heterocycles. The predicted octanol–water partition coefficient (Wildman–Crippen LogP) is 4.72. The molecule has 2 rings (SSSR count). The largest absolute Gasteiger partial charge is 0.494 e. The van der Waals surface area contributed by atoms with Crippen LogP contribution < -0.4 is 10.1 Å². The molecule has 0 aliphatic rings. The maximum Gasteiger partial charge on any atom is 0.273 e. The maximum absolute atomic E-state index is 12.0.